The minimum absolute atomic E-state index is 0.256. The number of benzene rings is 2. The minimum atomic E-state index is -0.256. The fourth-order valence-corrected chi connectivity index (χ4v) is 2.30. The molecule has 0 unspecified atom stereocenters. The van der Waals surface area contributed by atoms with Crippen LogP contribution in [-0.2, 0) is 0 Å². The highest BCUT2D eigenvalue weighted by molar-refractivity contribution is 9.10. The van der Waals surface area contributed by atoms with Gasteiger partial charge in [0.2, 0.25) is 0 Å². The third-order valence-corrected chi connectivity index (χ3v) is 3.45. The Kier molecular flexibility index (Phi) is 3.22. The minimum Gasteiger partial charge on any atom is -0.464 e. The first-order chi connectivity index (χ1) is 9.24. The van der Waals surface area contributed by atoms with Crippen molar-refractivity contribution in [3.05, 3.63) is 71.2 Å². The predicted octanol–water partition coefficient (Wildman–Crippen LogP) is 5.52. The highest BCUT2D eigenvalue weighted by atomic mass is 79.9. The third kappa shape index (κ3) is 2.47. The van der Waals surface area contributed by atoms with Crippen LogP contribution in [0.25, 0.3) is 22.5 Å². The lowest BCUT2D eigenvalue weighted by molar-refractivity contribution is 0.582. The molecule has 19 heavy (non-hydrogen) atoms. The maximum absolute atomic E-state index is 13.5. The summed E-state index contributed by atoms with van der Waals surface area (Å²) >= 11 is 3.40. The van der Waals surface area contributed by atoms with E-state index < -0.39 is 0 Å². The Labute approximate surface area is 118 Å². The van der Waals surface area contributed by atoms with Crippen molar-refractivity contribution in [2.24, 2.45) is 0 Å². The molecule has 0 bridgehead atoms. The summed E-state index contributed by atoms with van der Waals surface area (Å²) in [5.41, 5.74) is 2.66. The lowest BCUT2D eigenvalue weighted by Gasteiger charge is -2.08. The molecule has 0 aliphatic heterocycles. The number of hydrogen-bond donors (Lipinski definition) is 0. The maximum Gasteiger partial charge on any atom is 0.134 e. The molecule has 0 aliphatic carbocycles. The van der Waals surface area contributed by atoms with Crippen LogP contribution in [0.2, 0.25) is 0 Å². The number of hydrogen-bond acceptors (Lipinski definition) is 1. The van der Waals surface area contributed by atoms with Crippen molar-refractivity contribution in [2.45, 2.75) is 0 Å². The van der Waals surface area contributed by atoms with Gasteiger partial charge in [-0.3, -0.25) is 0 Å². The van der Waals surface area contributed by atoms with Crippen molar-refractivity contribution in [3.8, 4) is 22.5 Å². The SMILES string of the molecule is Fc1ccc(-c2ccco2)c(-c2ccc(Br)cc2)c1. The average Bonchev–Trinajstić information content (AvgIpc) is 2.93. The van der Waals surface area contributed by atoms with E-state index >= 15 is 0 Å². The van der Waals surface area contributed by atoms with Gasteiger partial charge in [-0.25, -0.2) is 4.39 Å². The normalized spacial score (nSPS) is 10.6. The fourth-order valence-electron chi connectivity index (χ4n) is 2.03. The van der Waals surface area contributed by atoms with E-state index in [0.29, 0.717) is 0 Å². The maximum atomic E-state index is 13.5. The molecule has 1 aromatic heterocycles. The Morgan fingerprint density at radius 1 is 0.895 bits per heavy atom. The molecule has 0 saturated carbocycles. The Bertz CT molecular complexity index is 687. The molecule has 2 aromatic carbocycles. The van der Waals surface area contributed by atoms with Crippen LogP contribution >= 0.6 is 15.9 Å². The summed E-state index contributed by atoms with van der Waals surface area (Å²) in [6, 6.07) is 16.2. The molecular weight excluding hydrogens is 307 g/mol. The van der Waals surface area contributed by atoms with Crippen LogP contribution in [0.1, 0.15) is 0 Å². The molecule has 1 nitrogen and oxygen atoms in total. The van der Waals surface area contributed by atoms with E-state index in [1.54, 1.807) is 12.3 Å². The second-order valence-corrected chi connectivity index (χ2v) is 5.09. The highest BCUT2D eigenvalue weighted by Gasteiger charge is 2.10. The van der Waals surface area contributed by atoms with Crippen molar-refractivity contribution in [3.63, 3.8) is 0 Å². The molecule has 0 N–H and O–H groups in total. The standard InChI is InChI=1S/C16H10BrFO/c17-12-5-3-11(4-6-12)15-10-13(18)7-8-14(15)16-2-1-9-19-16/h1-10H. The van der Waals surface area contributed by atoms with Crippen LogP contribution in [0.15, 0.2) is 69.8 Å². The van der Waals surface area contributed by atoms with E-state index in [2.05, 4.69) is 15.9 Å². The first kappa shape index (κ1) is 12.2. The van der Waals surface area contributed by atoms with Gasteiger partial charge in [0.05, 0.1) is 6.26 Å². The van der Waals surface area contributed by atoms with Crippen LogP contribution in [0.3, 0.4) is 0 Å². The molecule has 0 spiro atoms. The lowest BCUT2D eigenvalue weighted by Crippen LogP contribution is -1.86. The average molecular weight is 317 g/mol. The molecule has 0 saturated heterocycles. The van der Waals surface area contributed by atoms with Crippen molar-refractivity contribution < 1.29 is 8.81 Å². The second-order valence-electron chi connectivity index (χ2n) is 4.17. The van der Waals surface area contributed by atoms with E-state index in [1.807, 2.05) is 36.4 Å². The van der Waals surface area contributed by atoms with Crippen LogP contribution in [0, 0.1) is 5.82 Å². The van der Waals surface area contributed by atoms with Gasteiger partial charge in [-0.15, -0.1) is 0 Å². The van der Waals surface area contributed by atoms with Gasteiger partial charge < -0.3 is 4.42 Å². The Hall–Kier alpha value is -1.87. The van der Waals surface area contributed by atoms with Crippen molar-refractivity contribution >= 4 is 15.9 Å². The van der Waals surface area contributed by atoms with Crippen LogP contribution < -0.4 is 0 Å². The summed E-state index contributed by atoms with van der Waals surface area (Å²) in [4.78, 5) is 0. The Morgan fingerprint density at radius 3 is 2.37 bits per heavy atom. The molecule has 0 atom stereocenters. The zero-order valence-corrected chi connectivity index (χ0v) is 11.5. The summed E-state index contributed by atoms with van der Waals surface area (Å²) < 4.78 is 19.9. The van der Waals surface area contributed by atoms with Gasteiger partial charge in [0.1, 0.15) is 11.6 Å². The molecule has 3 rings (SSSR count). The van der Waals surface area contributed by atoms with Crippen molar-refractivity contribution in [1.29, 1.82) is 0 Å². The van der Waals surface area contributed by atoms with Crippen LogP contribution in [0.5, 0.6) is 0 Å². The Balaban J connectivity index is 2.19. The predicted molar refractivity (Wildman–Crippen MR) is 77.2 cm³/mol. The molecule has 3 heteroatoms. The fraction of sp³-hybridized carbons (Fsp3) is 0. The van der Waals surface area contributed by atoms with Gasteiger partial charge in [0.25, 0.3) is 0 Å². The Morgan fingerprint density at radius 2 is 1.68 bits per heavy atom. The van der Waals surface area contributed by atoms with E-state index in [-0.39, 0.29) is 5.82 Å². The smallest absolute Gasteiger partial charge is 0.134 e. The molecule has 0 radical (unpaired) electrons. The first-order valence-corrected chi connectivity index (χ1v) is 6.63. The topological polar surface area (TPSA) is 13.1 Å². The summed E-state index contributed by atoms with van der Waals surface area (Å²) in [7, 11) is 0. The number of halogens is 2. The monoisotopic (exact) mass is 316 g/mol. The van der Waals surface area contributed by atoms with Gasteiger partial charge in [0, 0.05) is 10.0 Å². The van der Waals surface area contributed by atoms with Crippen molar-refractivity contribution in [2.75, 3.05) is 0 Å². The molecular formula is C16H10BrFO. The van der Waals surface area contributed by atoms with E-state index in [1.165, 1.54) is 12.1 Å². The van der Waals surface area contributed by atoms with E-state index in [9.17, 15) is 4.39 Å². The van der Waals surface area contributed by atoms with Gasteiger partial charge in [0.15, 0.2) is 0 Å². The number of rotatable bonds is 2. The molecule has 94 valence electrons. The number of furan rings is 1. The van der Waals surface area contributed by atoms with Crippen LogP contribution in [-0.4, -0.2) is 0 Å². The summed E-state index contributed by atoms with van der Waals surface area (Å²) in [5.74, 6) is 0.478. The first-order valence-electron chi connectivity index (χ1n) is 5.83. The van der Waals surface area contributed by atoms with Gasteiger partial charge in [-0.05, 0) is 53.6 Å². The van der Waals surface area contributed by atoms with E-state index in [4.69, 9.17) is 4.42 Å². The van der Waals surface area contributed by atoms with Crippen molar-refractivity contribution in [1.82, 2.24) is 0 Å². The third-order valence-electron chi connectivity index (χ3n) is 2.92. The summed E-state index contributed by atoms with van der Waals surface area (Å²) in [5, 5.41) is 0. The lowest BCUT2D eigenvalue weighted by atomic mass is 9.98. The van der Waals surface area contributed by atoms with Gasteiger partial charge in [-0.2, -0.15) is 0 Å². The molecule has 0 fully saturated rings. The molecule has 0 amide bonds. The quantitative estimate of drug-likeness (QED) is 0.607. The van der Waals surface area contributed by atoms with E-state index in [0.717, 1.165) is 26.9 Å². The largest absolute Gasteiger partial charge is 0.464 e. The molecule has 0 aliphatic rings. The summed E-state index contributed by atoms with van der Waals surface area (Å²) in [6.07, 6.45) is 1.62. The molecule has 1 heterocycles. The van der Waals surface area contributed by atoms with Gasteiger partial charge in [-0.1, -0.05) is 28.1 Å². The zero-order chi connectivity index (χ0) is 13.2. The highest BCUT2D eigenvalue weighted by Crippen LogP contribution is 2.33. The van der Waals surface area contributed by atoms with Gasteiger partial charge >= 0.3 is 0 Å². The molecule has 3 aromatic rings. The van der Waals surface area contributed by atoms with Crippen LogP contribution in [0.4, 0.5) is 4.39 Å². The second kappa shape index (κ2) is 5.02. The summed E-state index contributed by atoms with van der Waals surface area (Å²) in [6.45, 7) is 0. The zero-order valence-electron chi connectivity index (χ0n) is 9.94.